The van der Waals surface area contributed by atoms with E-state index >= 15 is 0 Å². The Morgan fingerprint density at radius 2 is 1.92 bits per heavy atom. The highest BCUT2D eigenvalue weighted by atomic mass is 16.1. The molecule has 0 bridgehead atoms. The van der Waals surface area contributed by atoms with E-state index in [-0.39, 0.29) is 11.8 Å². The Hall–Kier alpha value is -2.33. The number of benzene rings is 2. The molecule has 0 spiro atoms. The highest BCUT2D eigenvalue weighted by Gasteiger charge is 2.18. The van der Waals surface area contributed by atoms with E-state index in [0.29, 0.717) is 6.54 Å². The zero-order valence-corrected chi connectivity index (χ0v) is 14.4. The van der Waals surface area contributed by atoms with Crippen LogP contribution in [0.1, 0.15) is 18.1 Å². The minimum absolute atomic E-state index is 0.0456. The molecule has 0 fully saturated rings. The summed E-state index contributed by atoms with van der Waals surface area (Å²) in [5.41, 5.74) is 4.89. The predicted molar refractivity (Wildman–Crippen MR) is 99.4 cm³/mol. The summed E-state index contributed by atoms with van der Waals surface area (Å²) in [6.07, 6.45) is 1.12. The Kier molecular flexibility index (Phi) is 5.16. The van der Waals surface area contributed by atoms with E-state index in [0.717, 1.165) is 25.2 Å². The van der Waals surface area contributed by atoms with Crippen LogP contribution >= 0.6 is 0 Å². The van der Waals surface area contributed by atoms with Crippen molar-refractivity contribution in [1.29, 1.82) is 0 Å². The second-order valence-electron chi connectivity index (χ2n) is 6.45. The summed E-state index contributed by atoms with van der Waals surface area (Å²) in [7, 11) is 1.86. The smallest absolute Gasteiger partial charge is 0.228 e. The molecule has 1 atom stereocenters. The summed E-state index contributed by atoms with van der Waals surface area (Å²) < 4.78 is 0. The maximum absolute atomic E-state index is 12.0. The van der Waals surface area contributed by atoms with Crippen molar-refractivity contribution in [2.45, 2.75) is 19.9 Å². The first kappa shape index (κ1) is 16.5. The van der Waals surface area contributed by atoms with E-state index in [2.05, 4.69) is 51.9 Å². The average molecular weight is 323 g/mol. The number of carbonyl (C=O) groups excluding carboxylic acids is 1. The van der Waals surface area contributed by atoms with Crippen LogP contribution in [-0.2, 0) is 17.8 Å². The summed E-state index contributed by atoms with van der Waals surface area (Å²) in [4.78, 5) is 14.5. The molecule has 3 rings (SSSR count). The Morgan fingerprint density at radius 1 is 1.17 bits per heavy atom. The molecule has 1 heterocycles. The number of carbonyl (C=O) groups is 1. The molecule has 0 radical (unpaired) electrons. The van der Waals surface area contributed by atoms with Crippen molar-refractivity contribution in [3.63, 3.8) is 0 Å². The second-order valence-corrected chi connectivity index (χ2v) is 6.45. The van der Waals surface area contributed by atoms with Crippen LogP contribution in [0.4, 0.5) is 11.4 Å². The number of hydrogen-bond acceptors (Lipinski definition) is 3. The molecular formula is C20H25N3O. The lowest BCUT2D eigenvalue weighted by Crippen LogP contribution is -2.28. The van der Waals surface area contributed by atoms with Crippen molar-refractivity contribution < 1.29 is 4.79 Å². The molecule has 2 N–H and O–H groups in total. The third-order valence-corrected chi connectivity index (χ3v) is 4.54. The number of amides is 1. The normalized spacial score (nSPS) is 14.3. The van der Waals surface area contributed by atoms with Gasteiger partial charge in [0, 0.05) is 36.9 Å². The minimum atomic E-state index is -0.0456. The Balaban J connectivity index is 1.60. The van der Waals surface area contributed by atoms with Crippen LogP contribution in [-0.4, -0.2) is 26.0 Å². The lowest BCUT2D eigenvalue weighted by molar-refractivity contribution is -0.119. The third-order valence-electron chi connectivity index (χ3n) is 4.54. The third kappa shape index (κ3) is 3.77. The fourth-order valence-corrected chi connectivity index (χ4v) is 3.15. The standard InChI is InChI=1S/C20H25N3O/c1-15(13-21-2)20(24)22-18-9-7-16(8-10-18)14-23-12-11-17-5-3-4-6-19(17)23/h3-10,15,21H,11-14H2,1-2H3,(H,22,24). The molecule has 0 aromatic heterocycles. The van der Waals surface area contributed by atoms with Crippen molar-refractivity contribution in [2.75, 3.05) is 30.4 Å². The van der Waals surface area contributed by atoms with Gasteiger partial charge in [0.1, 0.15) is 0 Å². The van der Waals surface area contributed by atoms with E-state index in [1.807, 2.05) is 26.1 Å². The van der Waals surface area contributed by atoms with Gasteiger partial charge >= 0.3 is 0 Å². The topological polar surface area (TPSA) is 44.4 Å². The first-order valence-corrected chi connectivity index (χ1v) is 8.54. The van der Waals surface area contributed by atoms with Crippen molar-refractivity contribution in [2.24, 2.45) is 5.92 Å². The van der Waals surface area contributed by atoms with Crippen molar-refractivity contribution in [1.82, 2.24) is 5.32 Å². The van der Waals surface area contributed by atoms with Crippen LogP contribution in [0.5, 0.6) is 0 Å². The fourth-order valence-electron chi connectivity index (χ4n) is 3.15. The van der Waals surface area contributed by atoms with Gasteiger partial charge in [-0.3, -0.25) is 4.79 Å². The zero-order valence-electron chi connectivity index (χ0n) is 14.4. The molecule has 1 unspecified atom stereocenters. The SMILES string of the molecule is CNCC(C)C(=O)Nc1ccc(CN2CCc3ccccc32)cc1. The summed E-state index contributed by atoms with van der Waals surface area (Å²) in [6.45, 7) is 4.57. The van der Waals surface area contributed by atoms with Gasteiger partial charge in [-0.25, -0.2) is 0 Å². The van der Waals surface area contributed by atoms with Gasteiger partial charge in [-0.1, -0.05) is 37.3 Å². The number of fused-ring (bicyclic) bond motifs is 1. The number of hydrogen-bond donors (Lipinski definition) is 2. The molecular weight excluding hydrogens is 298 g/mol. The minimum Gasteiger partial charge on any atom is -0.367 e. The molecule has 2 aromatic rings. The molecule has 1 aliphatic rings. The Bertz CT molecular complexity index is 696. The fraction of sp³-hybridized carbons (Fsp3) is 0.350. The van der Waals surface area contributed by atoms with Gasteiger partial charge in [0.2, 0.25) is 5.91 Å². The van der Waals surface area contributed by atoms with E-state index in [1.165, 1.54) is 16.8 Å². The molecule has 126 valence electrons. The molecule has 1 amide bonds. The maximum Gasteiger partial charge on any atom is 0.228 e. The van der Waals surface area contributed by atoms with E-state index in [4.69, 9.17) is 0 Å². The maximum atomic E-state index is 12.0. The molecule has 4 nitrogen and oxygen atoms in total. The molecule has 24 heavy (non-hydrogen) atoms. The number of rotatable bonds is 6. The van der Waals surface area contributed by atoms with Gasteiger partial charge in [-0.15, -0.1) is 0 Å². The van der Waals surface area contributed by atoms with Gasteiger partial charge in [0.25, 0.3) is 0 Å². The molecule has 1 aliphatic heterocycles. The molecule has 2 aromatic carbocycles. The summed E-state index contributed by atoms with van der Waals surface area (Å²) >= 11 is 0. The summed E-state index contributed by atoms with van der Waals surface area (Å²) in [5, 5.41) is 6.00. The number of anilines is 2. The molecule has 0 saturated heterocycles. The monoisotopic (exact) mass is 323 g/mol. The van der Waals surface area contributed by atoms with Gasteiger partial charge in [0.05, 0.1) is 0 Å². The van der Waals surface area contributed by atoms with Crippen LogP contribution in [0.3, 0.4) is 0 Å². The van der Waals surface area contributed by atoms with Crippen LogP contribution in [0.15, 0.2) is 48.5 Å². The van der Waals surface area contributed by atoms with Gasteiger partial charge < -0.3 is 15.5 Å². The average Bonchev–Trinajstić information content (AvgIpc) is 3.00. The number of para-hydroxylation sites is 1. The van der Waals surface area contributed by atoms with Crippen molar-refractivity contribution in [3.05, 3.63) is 59.7 Å². The van der Waals surface area contributed by atoms with E-state index in [9.17, 15) is 4.79 Å². The van der Waals surface area contributed by atoms with Gasteiger partial charge in [-0.05, 0) is 42.8 Å². The molecule has 4 heteroatoms. The Morgan fingerprint density at radius 3 is 2.67 bits per heavy atom. The van der Waals surface area contributed by atoms with Gasteiger partial charge in [-0.2, -0.15) is 0 Å². The van der Waals surface area contributed by atoms with E-state index < -0.39 is 0 Å². The molecule has 0 saturated carbocycles. The first-order valence-electron chi connectivity index (χ1n) is 8.54. The van der Waals surface area contributed by atoms with E-state index in [1.54, 1.807) is 0 Å². The predicted octanol–water partition coefficient (Wildman–Crippen LogP) is 3.04. The summed E-state index contributed by atoms with van der Waals surface area (Å²) in [6, 6.07) is 16.8. The van der Waals surface area contributed by atoms with Crippen LogP contribution < -0.4 is 15.5 Å². The van der Waals surface area contributed by atoms with Crippen molar-refractivity contribution >= 4 is 17.3 Å². The molecule has 0 aliphatic carbocycles. The zero-order chi connectivity index (χ0) is 16.9. The van der Waals surface area contributed by atoms with Gasteiger partial charge in [0.15, 0.2) is 0 Å². The van der Waals surface area contributed by atoms with Crippen LogP contribution in [0.25, 0.3) is 0 Å². The largest absolute Gasteiger partial charge is 0.367 e. The van der Waals surface area contributed by atoms with Crippen molar-refractivity contribution in [3.8, 4) is 0 Å². The lowest BCUT2D eigenvalue weighted by atomic mass is 10.1. The first-order chi connectivity index (χ1) is 11.7. The number of nitrogens with zero attached hydrogens (tertiary/aromatic N) is 1. The lowest BCUT2D eigenvalue weighted by Gasteiger charge is -2.19. The highest BCUT2D eigenvalue weighted by Crippen LogP contribution is 2.28. The highest BCUT2D eigenvalue weighted by molar-refractivity contribution is 5.92. The Labute approximate surface area is 143 Å². The summed E-state index contributed by atoms with van der Waals surface area (Å²) in [5.74, 6) is 0.00125. The van der Waals surface area contributed by atoms with Crippen LogP contribution in [0.2, 0.25) is 0 Å². The second kappa shape index (κ2) is 7.49. The quantitative estimate of drug-likeness (QED) is 0.859. The van der Waals surface area contributed by atoms with Crippen LogP contribution in [0, 0.1) is 5.92 Å². The number of nitrogens with one attached hydrogen (secondary N) is 2.